The van der Waals surface area contributed by atoms with Gasteiger partial charge in [0.1, 0.15) is 17.9 Å². The van der Waals surface area contributed by atoms with Crippen molar-refractivity contribution in [3.63, 3.8) is 0 Å². The number of likely N-dealkylation sites (tertiary alicyclic amines) is 1. The third kappa shape index (κ3) is 3.49. The van der Waals surface area contributed by atoms with Gasteiger partial charge in [-0.15, -0.1) is 0 Å². The molecule has 8 heteroatoms. The van der Waals surface area contributed by atoms with Crippen LogP contribution in [-0.2, 0) is 9.53 Å². The summed E-state index contributed by atoms with van der Waals surface area (Å²) in [5.41, 5.74) is -0.0288. The van der Waals surface area contributed by atoms with Crippen molar-refractivity contribution < 1.29 is 23.1 Å². The standard InChI is InChI=1S/C23H21ClF2N2O3/c24-16-3-1-2-14(10-16)21(29)27-8-6-23(7-9-27)22(30)28-19(4-5-20(28)31-23)15-11-17(25)13-18(26)12-15/h1-3,10-13,19-20H,4-9H2/t19-,20+/m0/s1. The van der Waals surface area contributed by atoms with Gasteiger partial charge in [0, 0.05) is 42.6 Å². The van der Waals surface area contributed by atoms with Crippen LogP contribution in [0.4, 0.5) is 8.78 Å². The molecule has 3 aliphatic heterocycles. The highest BCUT2D eigenvalue weighted by atomic mass is 35.5. The number of hydrogen-bond acceptors (Lipinski definition) is 3. The Hall–Kier alpha value is -2.51. The average molecular weight is 447 g/mol. The first-order valence-electron chi connectivity index (χ1n) is 10.4. The van der Waals surface area contributed by atoms with E-state index in [0.29, 0.717) is 54.9 Å². The van der Waals surface area contributed by atoms with Gasteiger partial charge in [0.15, 0.2) is 5.60 Å². The number of carbonyl (C=O) groups is 2. The van der Waals surface area contributed by atoms with E-state index in [2.05, 4.69) is 0 Å². The van der Waals surface area contributed by atoms with Gasteiger partial charge in [-0.05, 0) is 48.7 Å². The lowest BCUT2D eigenvalue weighted by Gasteiger charge is -2.37. The molecule has 5 rings (SSSR count). The molecule has 0 aromatic heterocycles. The average Bonchev–Trinajstić information content (AvgIpc) is 3.26. The lowest BCUT2D eigenvalue weighted by molar-refractivity contribution is -0.142. The minimum absolute atomic E-state index is 0.128. The van der Waals surface area contributed by atoms with Crippen molar-refractivity contribution >= 4 is 23.4 Å². The molecule has 1 spiro atoms. The first-order chi connectivity index (χ1) is 14.9. The fraction of sp³-hybridized carbons (Fsp3) is 0.391. The maximum absolute atomic E-state index is 13.7. The van der Waals surface area contributed by atoms with Crippen LogP contribution in [0.5, 0.6) is 0 Å². The van der Waals surface area contributed by atoms with Crippen LogP contribution in [0.15, 0.2) is 42.5 Å². The first kappa shape index (κ1) is 20.4. The highest BCUT2D eigenvalue weighted by molar-refractivity contribution is 6.30. The van der Waals surface area contributed by atoms with E-state index >= 15 is 0 Å². The van der Waals surface area contributed by atoms with Crippen LogP contribution >= 0.6 is 11.6 Å². The van der Waals surface area contributed by atoms with Gasteiger partial charge in [-0.1, -0.05) is 17.7 Å². The normalized spacial score (nSPS) is 24.7. The molecule has 0 bridgehead atoms. The second-order valence-electron chi connectivity index (χ2n) is 8.38. The van der Waals surface area contributed by atoms with E-state index in [4.69, 9.17) is 16.3 Å². The van der Waals surface area contributed by atoms with Gasteiger partial charge in [-0.2, -0.15) is 0 Å². The number of carbonyl (C=O) groups excluding carboxylic acids is 2. The molecule has 3 saturated heterocycles. The minimum Gasteiger partial charge on any atom is -0.342 e. The molecule has 2 aromatic carbocycles. The molecule has 2 amide bonds. The van der Waals surface area contributed by atoms with Gasteiger partial charge in [0.2, 0.25) is 0 Å². The number of halogens is 3. The highest BCUT2D eigenvalue weighted by Crippen LogP contribution is 2.47. The molecule has 3 heterocycles. The molecule has 2 aromatic rings. The molecule has 0 unspecified atom stereocenters. The van der Waals surface area contributed by atoms with E-state index < -0.39 is 29.5 Å². The third-order valence-corrected chi connectivity index (χ3v) is 6.75. The van der Waals surface area contributed by atoms with Crippen LogP contribution < -0.4 is 0 Å². The largest absolute Gasteiger partial charge is 0.342 e. The Labute approximate surface area is 183 Å². The Morgan fingerprint density at radius 2 is 1.77 bits per heavy atom. The van der Waals surface area contributed by atoms with Crippen LogP contribution in [0, 0.1) is 11.6 Å². The van der Waals surface area contributed by atoms with E-state index in [1.165, 1.54) is 12.1 Å². The van der Waals surface area contributed by atoms with Gasteiger partial charge in [-0.3, -0.25) is 9.59 Å². The highest BCUT2D eigenvalue weighted by Gasteiger charge is 2.58. The van der Waals surface area contributed by atoms with E-state index in [1.807, 2.05) is 0 Å². The monoisotopic (exact) mass is 446 g/mol. The fourth-order valence-electron chi connectivity index (χ4n) is 5.02. The summed E-state index contributed by atoms with van der Waals surface area (Å²) >= 11 is 6.00. The van der Waals surface area contributed by atoms with Crippen molar-refractivity contribution in [2.24, 2.45) is 0 Å². The molecule has 3 aliphatic rings. The quantitative estimate of drug-likeness (QED) is 0.690. The summed E-state index contributed by atoms with van der Waals surface area (Å²) in [4.78, 5) is 29.5. The number of nitrogens with zero attached hydrogens (tertiary/aromatic N) is 2. The number of fused-ring (bicyclic) bond motifs is 1. The van der Waals surface area contributed by atoms with Crippen molar-refractivity contribution in [3.8, 4) is 0 Å². The van der Waals surface area contributed by atoms with Gasteiger partial charge in [0.25, 0.3) is 11.8 Å². The molecule has 3 fully saturated rings. The lowest BCUT2D eigenvalue weighted by Crippen LogP contribution is -2.51. The van der Waals surface area contributed by atoms with Crippen molar-refractivity contribution in [2.45, 2.75) is 43.6 Å². The third-order valence-electron chi connectivity index (χ3n) is 6.52. The summed E-state index contributed by atoms with van der Waals surface area (Å²) in [7, 11) is 0. The summed E-state index contributed by atoms with van der Waals surface area (Å²) in [6.45, 7) is 0.772. The summed E-state index contributed by atoms with van der Waals surface area (Å²) in [6.07, 6.45) is 1.57. The second-order valence-corrected chi connectivity index (χ2v) is 8.81. The molecule has 0 saturated carbocycles. The van der Waals surface area contributed by atoms with Crippen LogP contribution in [-0.4, -0.2) is 46.5 Å². The van der Waals surface area contributed by atoms with Crippen LogP contribution in [0.3, 0.4) is 0 Å². The number of piperidine rings is 1. The Balaban J connectivity index is 1.32. The van der Waals surface area contributed by atoms with E-state index in [1.54, 1.807) is 34.1 Å². The van der Waals surface area contributed by atoms with Crippen molar-refractivity contribution in [3.05, 3.63) is 70.2 Å². The molecule has 2 atom stereocenters. The summed E-state index contributed by atoms with van der Waals surface area (Å²) in [5, 5.41) is 0.495. The Morgan fingerprint density at radius 1 is 1.06 bits per heavy atom. The van der Waals surface area contributed by atoms with E-state index in [9.17, 15) is 18.4 Å². The van der Waals surface area contributed by atoms with Crippen molar-refractivity contribution in [1.82, 2.24) is 9.80 Å². The molecule has 0 aliphatic carbocycles. The van der Waals surface area contributed by atoms with E-state index in [0.717, 1.165) is 6.07 Å². The molecular formula is C23H21ClF2N2O3. The zero-order chi connectivity index (χ0) is 21.8. The number of ether oxygens (including phenoxy) is 1. The minimum atomic E-state index is -0.986. The van der Waals surface area contributed by atoms with Crippen LogP contribution in [0.2, 0.25) is 5.02 Å². The topological polar surface area (TPSA) is 49.9 Å². The molecule has 0 radical (unpaired) electrons. The zero-order valence-electron chi connectivity index (χ0n) is 16.7. The van der Waals surface area contributed by atoms with Crippen molar-refractivity contribution in [2.75, 3.05) is 13.1 Å². The van der Waals surface area contributed by atoms with Gasteiger partial charge in [-0.25, -0.2) is 8.78 Å². The van der Waals surface area contributed by atoms with Gasteiger partial charge in [0.05, 0.1) is 6.04 Å². The van der Waals surface area contributed by atoms with Crippen molar-refractivity contribution in [1.29, 1.82) is 0 Å². The fourth-order valence-corrected chi connectivity index (χ4v) is 5.21. The summed E-state index contributed by atoms with van der Waals surface area (Å²) in [5.74, 6) is -1.60. The Bertz CT molecular complexity index is 1030. The maximum atomic E-state index is 13.7. The van der Waals surface area contributed by atoms with Gasteiger partial charge < -0.3 is 14.5 Å². The van der Waals surface area contributed by atoms with Gasteiger partial charge >= 0.3 is 0 Å². The number of hydrogen-bond donors (Lipinski definition) is 0. The number of benzene rings is 2. The Kier molecular flexibility index (Phi) is 4.98. The first-order valence-corrected chi connectivity index (χ1v) is 10.8. The number of rotatable bonds is 2. The molecular weight excluding hydrogens is 426 g/mol. The molecule has 31 heavy (non-hydrogen) atoms. The Morgan fingerprint density at radius 3 is 2.45 bits per heavy atom. The molecule has 5 nitrogen and oxygen atoms in total. The second kappa shape index (κ2) is 7.57. The maximum Gasteiger partial charge on any atom is 0.257 e. The van der Waals surface area contributed by atoms with E-state index in [-0.39, 0.29) is 11.8 Å². The smallest absolute Gasteiger partial charge is 0.257 e. The zero-order valence-corrected chi connectivity index (χ0v) is 17.4. The van der Waals surface area contributed by atoms with Crippen LogP contribution in [0.1, 0.15) is 47.6 Å². The summed E-state index contributed by atoms with van der Waals surface area (Å²) < 4.78 is 33.7. The lowest BCUT2D eigenvalue weighted by atomic mass is 9.89. The number of amides is 2. The molecule has 0 N–H and O–H groups in total. The SMILES string of the molecule is O=C(c1cccc(Cl)c1)N1CCC2(CC1)O[C@@H]1CC[C@@H](c3cc(F)cc(F)c3)N1C2=O. The predicted molar refractivity (Wildman–Crippen MR) is 109 cm³/mol. The predicted octanol–water partition coefficient (Wildman–Crippen LogP) is 4.31. The summed E-state index contributed by atoms with van der Waals surface area (Å²) in [6, 6.07) is 9.76. The molecule has 162 valence electrons. The van der Waals surface area contributed by atoms with Crippen LogP contribution in [0.25, 0.3) is 0 Å².